The number of carbonyl (C=O) groups is 1. The zero-order valence-electron chi connectivity index (χ0n) is 14.0. The van der Waals surface area contributed by atoms with E-state index in [1.54, 1.807) is 0 Å². The van der Waals surface area contributed by atoms with Gasteiger partial charge in [0, 0.05) is 19.1 Å². The molecule has 0 aliphatic carbocycles. The van der Waals surface area contributed by atoms with Gasteiger partial charge >= 0.3 is 6.09 Å². The number of nitrogens with zero attached hydrogens (tertiary/aromatic N) is 1. The minimum Gasteiger partial charge on any atom is -0.444 e. The summed E-state index contributed by atoms with van der Waals surface area (Å²) in [5.41, 5.74) is -0.429. The van der Waals surface area contributed by atoms with Crippen LogP contribution in [0.25, 0.3) is 0 Å². The monoisotopic (exact) mass is 300 g/mol. The van der Waals surface area contributed by atoms with E-state index in [9.17, 15) is 9.90 Å². The summed E-state index contributed by atoms with van der Waals surface area (Å²) < 4.78 is 5.43. The van der Waals surface area contributed by atoms with Gasteiger partial charge in [0.05, 0.1) is 6.10 Å². The van der Waals surface area contributed by atoms with Gasteiger partial charge in [0.1, 0.15) is 5.60 Å². The molecule has 0 radical (unpaired) electrons. The highest BCUT2D eigenvalue weighted by molar-refractivity contribution is 5.68. The molecule has 2 N–H and O–H groups in total. The summed E-state index contributed by atoms with van der Waals surface area (Å²) in [5.74, 6) is 0. The van der Waals surface area contributed by atoms with Crippen molar-refractivity contribution in [1.82, 2.24) is 10.2 Å². The third-order valence-electron chi connectivity index (χ3n) is 3.61. The Hall–Kier alpha value is -0.810. The number of amides is 1. The van der Waals surface area contributed by atoms with Crippen molar-refractivity contribution in [1.29, 1.82) is 0 Å². The molecule has 0 aromatic carbocycles. The topological polar surface area (TPSA) is 61.8 Å². The number of likely N-dealkylation sites (tertiary alicyclic amines) is 1. The maximum absolute atomic E-state index is 12.1. The first kappa shape index (κ1) is 18.2. The van der Waals surface area contributed by atoms with Gasteiger partial charge in [-0.3, -0.25) is 0 Å². The number of carbonyl (C=O) groups excluding carboxylic acids is 1. The summed E-state index contributed by atoms with van der Waals surface area (Å²) in [4.78, 5) is 13.9. The highest BCUT2D eigenvalue weighted by Gasteiger charge is 2.24. The summed E-state index contributed by atoms with van der Waals surface area (Å²) in [7, 11) is 0. The lowest BCUT2D eigenvalue weighted by Crippen LogP contribution is -2.38. The van der Waals surface area contributed by atoms with E-state index < -0.39 is 5.60 Å². The Balaban J connectivity index is 2.28. The van der Waals surface area contributed by atoms with Gasteiger partial charge in [0.15, 0.2) is 0 Å². The summed E-state index contributed by atoms with van der Waals surface area (Å²) >= 11 is 0. The molecule has 1 aliphatic heterocycles. The van der Waals surface area contributed by atoms with E-state index in [0.29, 0.717) is 6.04 Å². The Morgan fingerprint density at radius 3 is 2.71 bits per heavy atom. The fourth-order valence-electron chi connectivity index (χ4n) is 2.51. The van der Waals surface area contributed by atoms with E-state index in [1.807, 2.05) is 32.6 Å². The van der Waals surface area contributed by atoms with Gasteiger partial charge in [-0.2, -0.15) is 0 Å². The highest BCUT2D eigenvalue weighted by atomic mass is 16.6. The van der Waals surface area contributed by atoms with Crippen LogP contribution < -0.4 is 5.32 Å². The number of aliphatic hydroxyl groups excluding tert-OH is 1. The van der Waals surface area contributed by atoms with Gasteiger partial charge in [0.25, 0.3) is 0 Å². The van der Waals surface area contributed by atoms with Gasteiger partial charge in [-0.25, -0.2) is 4.79 Å². The fourth-order valence-corrected chi connectivity index (χ4v) is 2.51. The van der Waals surface area contributed by atoms with Crippen molar-refractivity contribution in [2.24, 2.45) is 0 Å². The average molecular weight is 300 g/mol. The summed E-state index contributed by atoms with van der Waals surface area (Å²) in [5, 5.41) is 12.8. The van der Waals surface area contributed by atoms with Crippen molar-refractivity contribution in [2.75, 3.05) is 19.6 Å². The predicted octanol–water partition coefficient (Wildman–Crippen LogP) is 2.53. The van der Waals surface area contributed by atoms with E-state index in [4.69, 9.17) is 4.74 Å². The van der Waals surface area contributed by atoms with Crippen LogP contribution in [0.1, 0.15) is 59.8 Å². The summed E-state index contributed by atoms with van der Waals surface area (Å²) in [6.07, 6.45) is 4.48. The third-order valence-corrected chi connectivity index (χ3v) is 3.61. The number of aliphatic hydroxyl groups is 1. The predicted molar refractivity (Wildman–Crippen MR) is 84.4 cm³/mol. The number of hydrogen-bond donors (Lipinski definition) is 2. The van der Waals surface area contributed by atoms with E-state index in [0.717, 1.165) is 51.7 Å². The first-order valence-electron chi connectivity index (χ1n) is 8.17. The maximum Gasteiger partial charge on any atom is 0.410 e. The van der Waals surface area contributed by atoms with Gasteiger partial charge < -0.3 is 20.1 Å². The summed E-state index contributed by atoms with van der Waals surface area (Å²) in [6.45, 7) is 9.98. The molecule has 0 aromatic rings. The maximum atomic E-state index is 12.1. The first-order chi connectivity index (χ1) is 9.78. The van der Waals surface area contributed by atoms with E-state index in [2.05, 4.69) is 5.32 Å². The lowest BCUT2D eigenvalue weighted by Gasteiger charge is -2.26. The molecule has 5 nitrogen and oxygen atoms in total. The average Bonchev–Trinajstić information content (AvgIpc) is 2.58. The molecule has 2 unspecified atom stereocenters. The standard InChI is InChI=1S/C16H32N2O3/c1-13(19)7-5-10-17-14-8-6-11-18(12-9-14)15(20)21-16(2,3)4/h13-14,17,19H,5-12H2,1-4H3. The molecule has 1 heterocycles. The Morgan fingerprint density at radius 2 is 2.10 bits per heavy atom. The van der Waals surface area contributed by atoms with Crippen molar-refractivity contribution >= 4 is 6.09 Å². The van der Waals surface area contributed by atoms with Crippen molar-refractivity contribution in [3.8, 4) is 0 Å². The zero-order chi connectivity index (χ0) is 15.9. The van der Waals surface area contributed by atoms with Crippen LogP contribution in [0.3, 0.4) is 0 Å². The molecule has 1 amide bonds. The Bertz CT molecular complexity index is 313. The molecule has 1 rings (SSSR count). The third kappa shape index (κ3) is 8.27. The number of rotatable bonds is 5. The summed E-state index contributed by atoms with van der Waals surface area (Å²) in [6, 6.07) is 0.464. The van der Waals surface area contributed by atoms with E-state index >= 15 is 0 Å². The smallest absolute Gasteiger partial charge is 0.410 e. The molecule has 2 atom stereocenters. The SMILES string of the molecule is CC(O)CCCNC1CCCN(C(=O)OC(C)(C)C)CC1. The van der Waals surface area contributed by atoms with Gasteiger partial charge in [0.2, 0.25) is 0 Å². The molecule has 1 fully saturated rings. The normalized spacial score (nSPS) is 21.8. The van der Waals surface area contributed by atoms with Crippen molar-refractivity contribution in [2.45, 2.75) is 77.5 Å². The molecular formula is C16H32N2O3. The Morgan fingerprint density at radius 1 is 1.38 bits per heavy atom. The van der Waals surface area contributed by atoms with Crippen LogP contribution in [0.5, 0.6) is 0 Å². The van der Waals surface area contributed by atoms with Gasteiger partial charge in [-0.1, -0.05) is 0 Å². The van der Waals surface area contributed by atoms with Crippen LogP contribution >= 0.6 is 0 Å². The molecule has 1 saturated heterocycles. The van der Waals surface area contributed by atoms with E-state index in [1.165, 1.54) is 0 Å². The highest BCUT2D eigenvalue weighted by Crippen LogP contribution is 2.15. The van der Waals surface area contributed by atoms with Gasteiger partial charge in [-0.15, -0.1) is 0 Å². The molecule has 5 heteroatoms. The second-order valence-electron chi connectivity index (χ2n) is 7.04. The van der Waals surface area contributed by atoms with Crippen LogP contribution in [-0.4, -0.2) is 53.5 Å². The molecule has 0 bridgehead atoms. The van der Waals surface area contributed by atoms with Gasteiger partial charge in [-0.05, 0) is 66.3 Å². The molecule has 1 aliphatic rings. The van der Waals surface area contributed by atoms with Crippen LogP contribution in [-0.2, 0) is 4.74 Å². The van der Waals surface area contributed by atoms with Crippen LogP contribution in [0.15, 0.2) is 0 Å². The fraction of sp³-hybridized carbons (Fsp3) is 0.938. The lowest BCUT2D eigenvalue weighted by atomic mass is 10.1. The second kappa shape index (κ2) is 8.59. The van der Waals surface area contributed by atoms with Crippen LogP contribution in [0, 0.1) is 0 Å². The largest absolute Gasteiger partial charge is 0.444 e. The molecule has 0 aromatic heterocycles. The molecule has 0 spiro atoms. The minimum atomic E-state index is -0.429. The van der Waals surface area contributed by atoms with Crippen molar-refractivity contribution in [3.05, 3.63) is 0 Å². The van der Waals surface area contributed by atoms with Crippen molar-refractivity contribution in [3.63, 3.8) is 0 Å². The Labute approximate surface area is 129 Å². The quantitative estimate of drug-likeness (QED) is 0.766. The minimum absolute atomic E-state index is 0.197. The number of hydrogen-bond acceptors (Lipinski definition) is 4. The lowest BCUT2D eigenvalue weighted by molar-refractivity contribution is 0.0256. The van der Waals surface area contributed by atoms with E-state index in [-0.39, 0.29) is 12.2 Å². The molecule has 124 valence electrons. The molecule has 0 saturated carbocycles. The second-order valence-corrected chi connectivity index (χ2v) is 7.04. The number of ether oxygens (including phenoxy) is 1. The zero-order valence-corrected chi connectivity index (χ0v) is 14.0. The number of nitrogens with one attached hydrogen (secondary N) is 1. The molecule has 21 heavy (non-hydrogen) atoms. The van der Waals surface area contributed by atoms with Crippen LogP contribution in [0.2, 0.25) is 0 Å². The van der Waals surface area contributed by atoms with Crippen LogP contribution in [0.4, 0.5) is 4.79 Å². The molecular weight excluding hydrogens is 268 g/mol. The van der Waals surface area contributed by atoms with Crippen molar-refractivity contribution < 1.29 is 14.6 Å². The Kier molecular flexibility index (Phi) is 7.46. The first-order valence-corrected chi connectivity index (χ1v) is 8.17.